The van der Waals surface area contributed by atoms with E-state index >= 15 is 0 Å². The summed E-state index contributed by atoms with van der Waals surface area (Å²) in [6.07, 6.45) is 4.18. The van der Waals surface area contributed by atoms with Crippen molar-refractivity contribution in [2.24, 2.45) is 11.8 Å². The summed E-state index contributed by atoms with van der Waals surface area (Å²) in [6, 6.07) is 9.34. The van der Waals surface area contributed by atoms with Gasteiger partial charge in [0.25, 0.3) is 0 Å². The molecule has 1 saturated carbocycles. The van der Waals surface area contributed by atoms with Gasteiger partial charge in [-0.25, -0.2) is 19.7 Å². The first kappa shape index (κ1) is 26.6. The average molecular weight is 551 g/mol. The number of hydrogen-bond acceptors (Lipinski definition) is 9. The van der Waals surface area contributed by atoms with E-state index in [0.717, 1.165) is 24.8 Å². The minimum Gasteiger partial charge on any atom is -0.481 e. The number of aromatic nitrogens is 4. The third-order valence-corrected chi connectivity index (χ3v) is 8.02. The molecule has 1 aromatic carbocycles. The smallest absolute Gasteiger partial charge is 0.320 e. The lowest BCUT2D eigenvalue weighted by Crippen LogP contribution is -2.43. The summed E-state index contributed by atoms with van der Waals surface area (Å²) in [5.74, 6) is -0.569. The van der Waals surface area contributed by atoms with Crippen LogP contribution in [-0.2, 0) is 14.3 Å². The van der Waals surface area contributed by atoms with E-state index in [1.165, 1.54) is 6.33 Å². The highest BCUT2D eigenvalue weighted by atomic mass is 16.7. The molecule has 1 aliphatic carbocycles. The Morgan fingerprint density at radius 3 is 2.73 bits per heavy atom. The number of anilines is 1. The van der Waals surface area contributed by atoms with Crippen molar-refractivity contribution in [1.29, 1.82) is 0 Å². The van der Waals surface area contributed by atoms with Gasteiger partial charge in [0.1, 0.15) is 24.7 Å². The molecule has 13 heteroatoms. The molecule has 3 fully saturated rings. The Morgan fingerprint density at radius 1 is 1.10 bits per heavy atom. The van der Waals surface area contributed by atoms with E-state index in [-0.39, 0.29) is 42.3 Å². The lowest BCUT2D eigenvalue weighted by atomic mass is 9.96. The second-order valence-corrected chi connectivity index (χ2v) is 10.5. The number of urea groups is 1. The Labute approximate surface area is 231 Å². The van der Waals surface area contributed by atoms with Crippen LogP contribution in [0.25, 0.3) is 11.2 Å². The van der Waals surface area contributed by atoms with Crippen molar-refractivity contribution in [2.45, 2.75) is 56.9 Å². The van der Waals surface area contributed by atoms with E-state index in [4.69, 9.17) is 9.47 Å². The SMILES string of the molecule is CCNC(=O)Nc1ncnc2c1ncn2C1NC(CNCC2CCCC2C(=O)O)C2O[C@H](c3ccccc3)OC21. The van der Waals surface area contributed by atoms with Crippen LogP contribution in [0.15, 0.2) is 43.0 Å². The number of hydrogen-bond donors (Lipinski definition) is 5. The van der Waals surface area contributed by atoms with Crippen molar-refractivity contribution in [3.05, 3.63) is 48.5 Å². The van der Waals surface area contributed by atoms with Crippen molar-refractivity contribution in [3.8, 4) is 0 Å². The molecule has 2 saturated heterocycles. The highest BCUT2D eigenvalue weighted by molar-refractivity contribution is 5.95. The number of aliphatic carboxylic acids is 1. The predicted octanol–water partition coefficient (Wildman–Crippen LogP) is 2.01. The van der Waals surface area contributed by atoms with Gasteiger partial charge in [0.2, 0.25) is 0 Å². The maximum atomic E-state index is 12.1. The van der Waals surface area contributed by atoms with Gasteiger partial charge in [-0.05, 0) is 32.2 Å². The lowest BCUT2D eigenvalue weighted by molar-refractivity contribution is -0.142. The minimum atomic E-state index is -0.711. The van der Waals surface area contributed by atoms with Crippen LogP contribution < -0.4 is 21.3 Å². The summed E-state index contributed by atoms with van der Waals surface area (Å²) in [4.78, 5) is 37.0. The highest BCUT2D eigenvalue weighted by Gasteiger charge is 2.52. The molecule has 5 N–H and O–H groups in total. The maximum absolute atomic E-state index is 12.1. The monoisotopic (exact) mass is 550 g/mol. The number of amides is 2. The third kappa shape index (κ3) is 5.12. The fraction of sp³-hybridized carbons (Fsp3) is 0.519. The number of fused-ring (bicyclic) bond motifs is 2. The van der Waals surface area contributed by atoms with E-state index in [9.17, 15) is 14.7 Å². The zero-order valence-corrected chi connectivity index (χ0v) is 22.2. The van der Waals surface area contributed by atoms with E-state index in [1.807, 2.05) is 41.8 Å². The summed E-state index contributed by atoms with van der Waals surface area (Å²) in [6.45, 7) is 3.53. The van der Waals surface area contributed by atoms with Gasteiger partial charge in [0.15, 0.2) is 23.3 Å². The van der Waals surface area contributed by atoms with Crippen molar-refractivity contribution < 1.29 is 24.2 Å². The van der Waals surface area contributed by atoms with Gasteiger partial charge >= 0.3 is 12.0 Å². The first-order valence-electron chi connectivity index (χ1n) is 13.8. The number of rotatable bonds is 9. The summed E-state index contributed by atoms with van der Waals surface area (Å²) in [5.41, 5.74) is 1.95. The second kappa shape index (κ2) is 11.5. The van der Waals surface area contributed by atoms with Crippen LogP contribution in [0.2, 0.25) is 0 Å². The number of benzene rings is 1. The normalized spacial score (nSPS) is 29.5. The molecule has 0 radical (unpaired) electrons. The van der Waals surface area contributed by atoms with Crippen molar-refractivity contribution >= 4 is 29.0 Å². The Kier molecular flexibility index (Phi) is 7.61. The molecule has 0 bridgehead atoms. The largest absolute Gasteiger partial charge is 0.481 e. The molecule has 212 valence electrons. The van der Waals surface area contributed by atoms with Gasteiger partial charge in [-0.2, -0.15) is 0 Å². The zero-order valence-electron chi connectivity index (χ0n) is 22.2. The number of nitrogens with zero attached hydrogens (tertiary/aromatic N) is 4. The Morgan fingerprint density at radius 2 is 1.93 bits per heavy atom. The van der Waals surface area contributed by atoms with Gasteiger partial charge in [-0.3, -0.25) is 20.0 Å². The number of carboxylic acid groups (broad SMARTS) is 1. The topological polar surface area (TPSA) is 165 Å². The standard InChI is InChI=1S/C27H34N8O5/c1-2-29-27(38)34-22-19-23(31-13-30-22)35(14-32-19)24-21-20(39-26(40-21)15-7-4-3-5-8-15)18(33-24)12-28-11-16-9-6-10-17(16)25(36)37/h3-5,7-8,13-14,16-18,20-21,24,26,28,33H,2,6,9-12H2,1H3,(H,36,37)(H2,29,30,31,34,38)/t16?,17?,18?,20?,21?,24?,26-/m0/s1. The molecular formula is C27H34N8O5. The molecule has 2 aromatic heterocycles. The van der Waals surface area contributed by atoms with Gasteiger partial charge in [-0.1, -0.05) is 36.8 Å². The van der Waals surface area contributed by atoms with Crippen LogP contribution in [0.1, 0.15) is 44.2 Å². The molecule has 4 heterocycles. The Hall–Kier alpha value is -3.65. The number of nitrogens with one attached hydrogen (secondary N) is 4. The number of carbonyl (C=O) groups is 2. The van der Waals surface area contributed by atoms with Crippen molar-refractivity contribution in [3.63, 3.8) is 0 Å². The highest BCUT2D eigenvalue weighted by Crippen LogP contribution is 2.41. The van der Waals surface area contributed by atoms with Crippen molar-refractivity contribution in [2.75, 3.05) is 25.0 Å². The zero-order chi connectivity index (χ0) is 27.6. The summed E-state index contributed by atoms with van der Waals surface area (Å²) >= 11 is 0. The van der Waals surface area contributed by atoms with E-state index in [2.05, 4.69) is 36.2 Å². The molecule has 13 nitrogen and oxygen atoms in total. The lowest BCUT2D eigenvalue weighted by Gasteiger charge is -2.23. The van der Waals surface area contributed by atoms with Crippen LogP contribution in [0.4, 0.5) is 10.6 Å². The van der Waals surface area contributed by atoms with Crippen LogP contribution in [0.3, 0.4) is 0 Å². The van der Waals surface area contributed by atoms with Gasteiger partial charge in [0, 0.05) is 18.7 Å². The molecule has 7 atom stereocenters. The van der Waals surface area contributed by atoms with Crippen LogP contribution in [0.5, 0.6) is 0 Å². The molecule has 40 heavy (non-hydrogen) atoms. The average Bonchev–Trinajstić information content (AvgIpc) is 3.74. The van der Waals surface area contributed by atoms with Gasteiger partial charge < -0.3 is 25.2 Å². The van der Waals surface area contributed by atoms with Gasteiger partial charge in [-0.15, -0.1) is 0 Å². The molecule has 3 aliphatic rings. The minimum absolute atomic E-state index is 0.111. The molecule has 0 spiro atoms. The molecule has 3 aromatic rings. The molecule has 6 rings (SSSR count). The summed E-state index contributed by atoms with van der Waals surface area (Å²) < 4.78 is 14.8. The molecule has 2 aliphatic heterocycles. The first-order valence-corrected chi connectivity index (χ1v) is 13.8. The predicted molar refractivity (Wildman–Crippen MR) is 144 cm³/mol. The van der Waals surface area contributed by atoms with Crippen molar-refractivity contribution in [1.82, 2.24) is 35.5 Å². The first-order chi connectivity index (χ1) is 19.5. The number of imidazole rings is 1. The van der Waals surface area contributed by atoms with Crippen LogP contribution in [0, 0.1) is 11.8 Å². The second-order valence-electron chi connectivity index (χ2n) is 10.5. The Bertz CT molecular complexity index is 1350. The quantitative estimate of drug-likeness (QED) is 0.266. The van der Waals surface area contributed by atoms with Gasteiger partial charge in [0.05, 0.1) is 18.3 Å². The summed E-state index contributed by atoms with van der Waals surface area (Å²) in [7, 11) is 0. The van der Waals surface area contributed by atoms with Crippen LogP contribution >= 0.6 is 0 Å². The number of ether oxygens (including phenoxy) is 2. The van der Waals surface area contributed by atoms with E-state index in [1.54, 1.807) is 6.33 Å². The fourth-order valence-corrected chi connectivity index (χ4v) is 6.13. The molecule has 2 amide bonds. The van der Waals surface area contributed by atoms with E-state index in [0.29, 0.717) is 36.6 Å². The van der Waals surface area contributed by atoms with Crippen LogP contribution in [-0.4, -0.2) is 74.5 Å². The third-order valence-electron chi connectivity index (χ3n) is 8.02. The Balaban J connectivity index is 1.23. The molecule has 6 unspecified atom stereocenters. The molecular weight excluding hydrogens is 516 g/mol. The summed E-state index contributed by atoms with van der Waals surface area (Å²) in [5, 5.41) is 22.1. The maximum Gasteiger partial charge on any atom is 0.320 e. The van der Waals surface area contributed by atoms with E-state index < -0.39 is 12.3 Å². The fourth-order valence-electron chi connectivity index (χ4n) is 6.13. The number of carboxylic acids is 1. The number of carbonyl (C=O) groups excluding carboxylic acids is 1.